The zero-order chi connectivity index (χ0) is 21.0. The van der Waals surface area contributed by atoms with Crippen LogP contribution in [0.5, 0.6) is 0 Å². The number of rotatable bonds is 6. The van der Waals surface area contributed by atoms with Gasteiger partial charge in [0, 0.05) is 38.4 Å². The lowest BCUT2D eigenvalue weighted by Crippen LogP contribution is -2.28. The smallest absolute Gasteiger partial charge is 0.229 e. The van der Waals surface area contributed by atoms with Crippen molar-refractivity contribution in [3.8, 4) is 0 Å². The number of nitrogens with one attached hydrogen (secondary N) is 1. The average Bonchev–Trinajstić information content (AvgIpc) is 3.11. The number of hydrogen-bond donors (Lipinski definition) is 1. The number of aryl methyl sites for hydroxylation is 1. The first-order chi connectivity index (χ1) is 13.9. The van der Waals surface area contributed by atoms with Crippen molar-refractivity contribution in [2.24, 2.45) is 5.92 Å². The van der Waals surface area contributed by atoms with Crippen LogP contribution in [0.15, 0.2) is 48.5 Å². The molecule has 1 aliphatic rings. The summed E-state index contributed by atoms with van der Waals surface area (Å²) in [6.07, 6.45) is 1.36. The van der Waals surface area contributed by atoms with Gasteiger partial charge in [0.25, 0.3) is 0 Å². The second-order valence-corrected chi connectivity index (χ2v) is 7.54. The van der Waals surface area contributed by atoms with Crippen molar-refractivity contribution in [2.75, 3.05) is 30.9 Å². The Hall–Kier alpha value is -3.15. The summed E-state index contributed by atoms with van der Waals surface area (Å²) in [6.45, 7) is 2.44. The van der Waals surface area contributed by atoms with E-state index in [4.69, 9.17) is 0 Å². The normalized spacial score (nSPS) is 16.0. The highest BCUT2D eigenvalue weighted by Gasteiger charge is 2.35. The van der Waals surface area contributed by atoms with Gasteiger partial charge < -0.3 is 15.1 Å². The number of likely N-dealkylation sites (N-methyl/N-ethyl adjacent to an activating group) is 1. The average molecular weight is 393 g/mol. The molecule has 1 N–H and O–H groups in total. The van der Waals surface area contributed by atoms with Gasteiger partial charge in [-0.05, 0) is 35.7 Å². The van der Waals surface area contributed by atoms with Crippen molar-refractivity contribution in [3.05, 3.63) is 59.7 Å². The molecule has 1 atom stereocenters. The molecule has 29 heavy (non-hydrogen) atoms. The molecule has 6 heteroatoms. The highest BCUT2D eigenvalue weighted by atomic mass is 16.2. The molecule has 1 aliphatic heterocycles. The number of hydrogen-bond acceptors (Lipinski definition) is 3. The molecule has 152 valence electrons. The van der Waals surface area contributed by atoms with Gasteiger partial charge in [0.1, 0.15) is 0 Å². The van der Waals surface area contributed by atoms with Crippen LogP contribution in [0.4, 0.5) is 11.4 Å². The standard InChI is InChI=1S/C23H27N3O3/c1-4-17-7-5-6-8-20(17)26-15-18(14-22(26)28)23(29)24-19-11-9-16(10-12-19)13-21(27)25(2)3/h5-12,18H,4,13-15H2,1-3H3,(H,24,29). The lowest BCUT2D eigenvalue weighted by Gasteiger charge is -2.20. The van der Waals surface area contributed by atoms with Crippen LogP contribution in [0.3, 0.4) is 0 Å². The van der Waals surface area contributed by atoms with Gasteiger partial charge in [-0.1, -0.05) is 37.3 Å². The molecule has 3 amide bonds. The Labute approximate surface area is 171 Å². The number of amides is 3. The molecule has 0 aliphatic carbocycles. The fourth-order valence-electron chi connectivity index (χ4n) is 3.47. The van der Waals surface area contributed by atoms with Crippen molar-refractivity contribution in [1.29, 1.82) is 0 Å². The topological polar surface area (TPSA) is 69.7 Å². The maximum Gasteiger partial charge on any atom is 0.229 e. The van der Waals surface area contributed by atoms with Gasteiger partial charge in [-0.3, -0.25) is 14.4 Å². The molecule has 0 radical (unpaired) electrons. The van der Waals surface area contributed by atoms with Gasteiger partial charge in [0.05, 0.1) is 12.3 Å². The fraction of sp³-hybridized carbons (Fsp3) is 0.348. The van der Waals surface area contributed by atoms with Crippen molar-refractivity contribution >= 4 is 29.1 Å². The van der Waals surface area contributed by atoms with Gasteiger partial charge in [-0.15, -0.1) is 0 Å². The number of anilines is 2. The summed E-state index contributed by atoms with van der Waals surface area (Å²) >= 11 is 0. The Morgan fingerprint density at radius 3 is 2.45 bits per heavy atom. The van der Waals surface area contributed by atoms with E-state index in [1.54, 1.807) is 36.0 Å². The fourth-order valence-corrected chi connectivity index (χ4v) is 3.47. The van der Waals surface area contributed by atoms with E-state index in [-0.39, 0.29) is 30.1 Å². The molecule has 6 nitrogen and oxygen atoms in total. The van der Waals surface area contributed by atoms with Gasteiger partial charge in [0.2, 0.25) is 17.7 Å². The minimum atomic E-state index is -0.387. The predicted molar refractivity (Wildman–Crippen MR) is 114 cm³/mol. The Balaban J connectivity index is 1.63. The molecule has 0 bridgehead atoms. The minimum Gasteiger partial charge on any atom is -0.349 e. The largest absolute Gasteiger partial charge is 0.349 e. The number of nitrogens with zero attached hydrogens (tertiary/aromatic N) is 2. The number of para-hydroxylation sites is 1. The quantitative estimate of drug-likeness (QED) is 0.820. The van der Waals surface area contributed by atoms with E-state index in [0.717, 1.165) is 23.2 Å². The van der Waals surface area contributed by atoms with Gasteiger partial charge in [-0.25, -0.2) is 0 Å². The summed E-state index contributed by atoms with van der Waals surface area (Å²) in [5.41, 5.74) is 3.55. The van der Waals surface area contributed by atoms with Crippen molar-refractivity contribution < 1.29 is 14.4 Å². The third kappa shape index (κ3) is 4.83. The lowest BCUT2D eigenvalue weighted by atomic mass is 10.1. The zero-order valence-corrected chi connectivity index (χ0v) is 17.1. The van der Waals surface area contributed by atoms with Crippen LogP contribution < -0.4 is 10.2 Å². The Morgan fingerprint density at radius 2 is 1.79 bits per heavy atom. The van der Waals surface area contributed by atoms with Crippen LogP contribution in [0, 0.1) is 5.92 Å². The SMILES string of the molecule is CCc1ccccc1N1CC(C(=O)Nc2ccc(CC(=O)N(C)C)cc2)CC1=O. The second kappa shape index (κ2) is 8.90. The van der Waals surface area contributed by atoms with Crippen molar-refractivity contribution in [3.63, 3.8) is 0 Å². The Morgan fingerprint density at radius 1 is 1.10 bits per heavy atom. The van der Waals surface area contributed by atoms with E-state index in [9.17, 15) is 14.4 Å². The van der Waals surface area contributed by atoms with E-state index >= 15 is 0 Å². The van der Waals surface area contributed by atoms with Crippen molar-refractivity contribution in [2.45, 2.75) is 26.2 Å². The first-order valence-electron chi connectivity index (χ1n) is 9.87. The number of carbonyl (C=O) groups excluding carboxylic acids is 3. The molecule has 1 saturated heterocycles. The lowest BCUT2D eigenvalue weighted by molar-refractivity contribution is -0.128. The monoisotopic (exact) mass is 393 g/mol. The molecular weight excluding hydrogens is 366 g/mol. The molecule has 1 heterocycles. The van der Waals surface area contributed by atoms with Crippen LogP contribution in [-0.2, 0) is 27.2 Å². The van der Waals surface area contributed by atoms with Gasteiger partial charge >= 0.3 is 0 Å². The van der Waals surface area contributed by atoms with E-state index in [0.29, 0.717) is 18.7 Å². The van der Waals surface area contributed by atoms with E-state index in [1.165, 1.54) is 0 Å². The Kier molecular flexibility index (Phi) is 6.32. The predicted octanol–water partition coefficient (Wildman–Crippen LogP) is 2.87. The van der Waals surface area contributed by atoms with E-state index in [1.807, 2.05) is 36.4 Å². The van der Waals surface area contributed by atoms with Crippen LogP contribution in [0.25, 0.3) is 0 Å². The molecule has 0 aromatic heterocycles. The van der Waals surface area contributed by atoms with Crippen LogP contribution in [-0.4, -0.2) is 43.3 Å². The van der Waals surface area contributed by atoms with Crippen LogP contribution in [0.1, 0.15) is 24.5 Å². The maximum atomic E-state index is 12.7. The zero-order valence-electron chi connectivity index (χ0n) is 17.1. The third-order valence-electron chi connectivity index (χ3n) is 5.23. The summed E-state index contributed by atoms with van der Waals surface area (Å²) < 4.78 is 0. The first-order valence-corrected chi connectivity index (χ1v) is 9.87. The summed E-state index contributed by atoms with van der Waals surface area (Å²) in [7, 11) is 3.45. The molecule has 0 spiro atoms. The Bertz CT molecular complexity index is 906. The molecule has 0 saturated carbocycles. The minimum absolute atomic E-state index is 0.0244. The number of benzene rings is 2. The molecule has 2 aromatic carbocycles. The number of carbonyl (C=O) groups is 3. The van der Waals surface area contributed by atoms with Crippen molar-refractivity contribution in [1.82, 2.24) is 4.90 Å². The van der Waals surface area contributed by atoms with Crippen LogP contribution in [0.2, 0.25) is 0 Å². The van der Waals surface area contributed by atoms with E-state index in [2.05, 4.69) is 12.2 Å². The summed E-state index contributed by atoms with van der Waals surface area (Å²) in [6, 6.07) is 15.1. The molecule has 2 aromatic rings. The van der Waals surface area contributed by atoms with Crippen LogP contribution >= 0.6 is 0 Å². The highest BCUT2D eigenvalue weighted by Crippen LogP contribution is 2.29. The maximum absolute atomic E-state index is 12.7. The van der Waals surface area contributed by atoms with Gasteiger partial charge in [-0.2, -0.15) is 0 Å². The summed E-state index contributed by atoms with van der Waals surface area (Å²) in [5.74, 6) is -0.545. The van der Waals surface area contributed by atoms with Gasteiger partial charge in [0.15, 0.2) is 0 Å². The summed E-state index contributed by atoms with van der Waals surface area (Å²) in [5, 5.41) is 2.90. The summed E-state index contributed by atoms with van der Waals surface area (Å²) in [4.78, 5) is 40.3. The molecular formula is C23H27N3O3. The molecule has 3 rings (SSSR count). The van der Waals surface area contributed by atoms with E-state index < -0.39 is 0 Å². The third-order valence-corrected chi connectivity index (χ3v) is 5.23. The second-order valence-electron chi connectivity index (χ2n) is 7.54. The highest BCUT2D eigenvalue weighted by molar-refractivity contribution is 6.03. The molecule has 1 fully saturated rings. The molecule has 1 unspecified atom stereocenters. The first kappa shape index (κ1) is 20.6.